The summed E-state index contributed by atoms with van der Waals surface area (Å²) in [5, 5.41) is 12.7. The average molecular weight is 294 g/mol. The van der Waals surface area contributed by atoms with E-state index in [-0.39, 0.29) is 5.75 Å². The monoisotopic (exact) mass is 294 g/mol. The molecule has 0 aliphatic carbocycles. The molecule has 2 N–H and O–H groups in total. The van der Waals surface area contributed by atoms with E-state index in [4.69, 9.17) is 4.42 Å². The van der Waals surface area contributed by atoms with Gasteiger partial charge in [0.1, 0.15) is 12.0 Å². The van der Waals surface area contributed by atoms with Gasteiger partial charge in [-0.05, 0) is 42.3 Å². The van der Waals surface area contributed by atoms with Crippen LogP contribution in [0.4, 0.5) is 0 Å². The van der Waals surface area contributed by atoms with Crippen molar-refractivity contribution in [2.45, 2.75) is 20.0 Å². The van der Waals surface area contributed by atoms with Crippen LogP contribution in [-0.2, 0) is 13.1 Å². The Morgan fingerprint density at radius 1 is 1.05 bits per heavy atom. The van der Waals surface area contributed by atoms with Gasteiger partial charge >= 0.3 is 0 Å². The molecule has 0 atom stereocenters. The molecule has 4 heteroatoms. The Bertz CT molecular complexity index is 748. The van der Waals surface area contributed by atoms with Crippen LogP contribution in [0.25, 0.3) is 11.5 Å². The minimum atomic E-state index is 0.232. The third kappa shape index (κ3) is 3.35. The van der Waals surface area contributed by atoms with E-state index in [1.807, 2.05) is 12.1 Å². The van der Waals surface area contributed by atoms with E-state index in [0.29, 0.717) is 12.4 Å². The van der Waals surface area contributed by atoms with Gasteiger partial charge in [0.25, 0.3) is 0 Å². The molecule has 0 unspecified atom stereocenters. The van der Waals surface area contributed by atoms with Crippen LogP contribution in [-0.4, -0.2) is 10.1 Å². The molecule has 1 heterocycles. The molecule has 0 bridgehead atoms. The minimum absolute atomic E-state index is 0.232. The number of hydrogen-bond acceptors (Lipinski definition) is 4. The fraction of sp³-hybridized carbons (Fsp3) is 0.167. The van der Waals surface area contributed by atoms with Gasteiger partial charge in [-0.2, -0.15) is 0 Å². The number of rotatable bonds is 5. The first-order valence-electron chi connectivity index (χ1n) is 7.21. The number of phenolic OH excluding ortho intramolecular Hbond substituents is 1. The second-order valence-electron chi connectivity index (χ2n) is 5.22. The summed E-state index contributed by atoms with van der Waals surface area (Å²) in [5.74, 6) is 0.795. The molecule has 112 valence electrons. The average Bonchev–Trinajstić information content (AvgIpc) is 2.99. The van der Waals surface area contributed by atoms with E-state index in [9.17, 15) is 5.11 Å². The maximum Gasteiger partial charge on any atom is 0.226 e. The van der Waals surface area contributed by atoms with E-state index in [1.54, 1.807) is 30.5 Å². The summed E-state index contributed by atoms with van der Waals surface area (Å²) in [4.78, 5) is 4.45. The normalized spacial score (nSPS) is 10.8. The Labute approximate surface area is 129 Å². The smallest absolute Gasteiger partial charge is 0.226 e. The van der Waals surface area contributed by atoms with Crippen LogP contribution in [0.5, 0.6) is 5.75 Å². The molecule has 0 amide bonds. The lowest BCUT2D eigenvalue weighted by Gasteiger charge is -2.05. The summed E-state index contributed by atoms with van der Waals surface area (Å²) in [6.07, 6.45) is 1.66. The predicted octanol–water partition coefficient (Wildman–Crippen LogP) is 3.65. The highest BCUT2D eigenvalue weighted by molar-refractivity contribution is 5.54. The lowest BCUT2D eigenvalue weighted by Crippen LogP contribution is -2.13. The van der Waals surface area contributed by atoms with Gasteiger partial charge in [-0.15, -0.1) is 0 Å². The molecule has 3 aromatic rings. The predicted molar refractivity (Wildman–Crippen MR) is 85.3 cm³/mol. The highest BCUT2D eigenvalue weighted by atomic mass is 16.3. The van der Waals surface area contributed by atoms with Crippen LogP contribution in [0.2, 0.25) is 0 Å². The molecular weight excluding hydrogens is 276 g/mol. The first-order chi connectivity index (χ1) is 10.7. The van der Waals surface area contributed by atoms with E-state index in [0.717, 1.165) is 17.8 Å². The second-order valence-corrected chi connectivity index (χ2v) is 5.22. The van der Waals surface area contributed by atoms with Crippen molar-refractivity contribution < 1.29 is 9.52 Å². The van der Waals surface area contributed by atoms with Gasteiger partial charge in [-0.1, -0.05) is 24.3 Å². The van der Waals surface area contributed by atoms with Crippen LogP contribution in [0.15, 0.2) is 59.2 Å². The number of oxazole rings is 1. The SMILES string of the molecule is Cc1ccccc1CNCc1coc(-c2ccc(O)cc2)n1. The summed E-state index contributed by atoms with van der Waals surface area (Å²) in [7, 11) is 0. The summed E-state index contributed by atoms with van der Waals surface area (Å²) in [6.45, 7) is 3.56. The molecule has 3 rings (SSSR count). The summed E-state index contributed by atoms with van der Waals surface area (Å²) >= 11 is 0. The summed E-state index contributed by atoms with van der Waals surface area (Å²) in [5.41, 5.74) is 4.27. The molecule has 0 aliphatic heterocycles. The Morgan fingerprint density at radius 3 is 2.59 bits per heavy atom. The number of phenols is 1. The van der Waals surface area contributed by atoms with Crippen molar-refractivity contribution in [1.29, 1.82) is 0 Å². The highest BCUT2D eigenvalue weighted by Crippen LogP contribution is 2.21. The molecular formula is C18H18N2O2. The second kappa shape index (κ2) is 6.45. The number of hydrogen-bond donors (Lipinski definition) is 2. The Morgan fingerprint density at radius 2 is 1.82 bits per heavy atom. The number of aryl methyl sites for hydroxylation is 1. The molecule has 0 spiro atoms. The Balaban J connectivity index is 1.60. The van der Waals surface area contributed by atoms with E-state index in [1.165, 1.54) is 11.1 Å². The molecule has 0 aliphatic rings. The lowest BCUT2D eigenvalue weighted by atomic mass is 10.1. The number of aromatic hydroxyl groups is 1. The van der Waals surface area contributed by atoms with Gasteiger partial charge in [-0.3, -0.25) is 0 Å². The zero-order chi connectivity index (χ0) is 15.4. The molecule has 2 aromatic carbocycles. The van der Waals surface area contributed by atoms with Crippen LogP contribution in [0, 0.1) is 6.92 Å². The van der Waals surface area contributed by atoms with Crippen molar-refractivity contribution in [3.8, 4) is 17.2 Å². The van der Waals surface area contributed by atoms with Crippen molar-refractivity contribution >= 4 is 0 Å². The molecule has 0 radical (unpaired) electrons. The van der Waals surface area contributed by atoms with E-state index >= 15 is 0 Å². The molecule has 22 heavy (non-hydrogen) atoms. The van der Waals surface area contributed by atoms with E-state index < -0.39 is 0 Å². The quantitative estimate of drug-likeness (QED) is 0.754. The van der Waals surface area contributed by atoms with Crippen molar-refractivity contribution in [3.05, 3.63) is 71.6 Å². The Hall–Kier alpha value is -2.59. The number of benzene rings is 2. The maximum atomic E-state index is 9.29. The third-order valence-electron chi connectivity index (χ3n) is 3.55. The highest BCUT2D eigenvalue weighted by Gasteiger charge is 2.06. The van der Waals surface area contributed by atoms with Crippen LogP contribution in [0.1, 0.15) is 16.8 Å². The largest absolute Gasteiger partial charge is 0.508 e. The zero-order valence-electron chi connectivity index (χ0n) is 12.4. The van der Waals surface area contributed by atoms with Crippen LogP contribution >= 0.6 is 0 Å². The fourth-order valence-corrected chi connectivity index (χ4v) is 2.26. The van der Waals surface area contributed by atoms with Crippen LogP contribution in [0.3, 0.4) is 0 Å². The minimum Gasteiger partial charge on any atom is -0.508 e. The van der Waals surface area contributed by atoms with Crippen molar-refractivity contribution in [3.63, 3.8) is 0 Å². The number of nitrogens with one attached hydrogen (secondary N) is 1. The molecule has 0 saturated heterocycles. The maximum absolute atomic E-state index is 9.29. The van der Waals surface area contributed by atoms with Crippen molar-refractivity contribution in [2.24, 2.45) is 0 Å². The first kappa shape index (κ1) is 14.4. The number of aromatic nitrogens is 1. The van der Waals surface area contributed by atoms with Gasteiger partial charge in [0.05, 0.1) is 5.69 Å². The van der Waals surface area contributed by atoms with Gasteiger partial charge in [0, 0.05) is 18.7 Å². The third-order valence-corrected chi connectivity index (χ3v) is 3.55. The lowest BCUT2D eigenvalue weighted by molar-refractivity contribution is 0.475. The van der Waals surface area contributed by atoms with Crippen LogP contribution < -0.4 is 5.32 Å². The van der Waals surface area contributed by atoms with Gasteiger partial charge < -0.3 is 14.8 Å². The topological polar surface area (TPSA) is 58.3 Å². The van der Waals surface area contributed by atoms with Gasteiger partial charge in [0.15, 0.2) is 0 Å². The van der Waals surface area contributed by atoms with Gasteiger partial charge in [-0.25, -0.2) is 4.98 Å². The number of nitrogens with zero attached hydrogens (tertiary/aromatic N) is 1. The van der Waals surface area contributed by atoms with E-state index in [2.05, 4.69) is 29.4 Å². The molecule has 4 nitrogen and oxygen atoms in total. The van der Waals surface area contributed by atoms with Crippen molar-refractivity contribution in [1.82, 2.24) is 10.3 Å². The molecule has 0 fully saturated rings. The fourth-order valence-electron chi connectivity index (χ4n) is 2.26. The zero-order valence-corrected chi connectivity index (χ0v) is 12.4. The Kier molecular flexibility index (Phi) is 4.21. The first-order valence-corrected chi connectivity index (χ1v) is 7.21. The standard InChI is InChI=1S/C18H18N2O2/c1-13-4-2-3-5-15(13)10-19-11-16-12-22-18(20-16)14-6-8-17(21)9-7-14/h2-9,12,19,21H,10-11H2,1H3. The summed E-state index contributed by atoms with van der Waals surface area (Å²) in [6, 6.07) is 15.1. The van der Waals surface area contributed by atoms with Crippen molar-refractivity contribution in [2.75, 3.05) is 0 Å². The molecule has 1 aromatic heterocycles. The van der Waals surface area contributed by atoms with Gasteiger partial charge in [0.2, 0.25) is 5.89 Å². The molecule has 0 saturated carbocycles. The summed E-state index contributed by atoms with van der Waals surface area (Å²) < 4.78 is 5.48.